The number of halogens is 1. The first-order valence-corrected chi connectivity index (χ1v) is 6.59. The Morgan fingerprint density at radius 1 is 1.39 bits per heavy atom. The highest BCUT2D eigenvalue weighted by molar-refractivity contribution is 7.89. The Kier molecular flexibility index (Phi) is 4.63. The van der Waals surface area contributed by atoms with Gasteiger partial charge in [0, 0.05) is 0 Å². The molecule has 0 aliphatic carbocycles. The van der Waals surface area contributed by atoms with E-state index in [-0.39, 0.29) is 16.1 Å². The topological polar surface area (TPSA) is 113 Å². The Bertz CT molecular complexity index is 506. The van der Waals surface area contributed by atoms with Crippen molar-refractivity contribution in [3.63, 3.8) is 0 Å². The summed E-state index contributed by atoms with van der Waals surface area (Å²) in [4.78, 5) is -0.217. The zero-order valence-electron chi connectivity index (χ0n) is 9.72. The highest BCUT2D eigenvalue weighted by Gasteiger charge is 2.21. The van der Waals surface area contributed by atoms with Crippen molar-refractivity contribution in [1.82, 2.24) is 4.72 Å². The largest absolute Gasteiger partial charge is 0.396 e. The molecule has 1 aromatic carbocycles. The Morgan fingerprint density at radius 3 is 2.39 bits per heavy atom. The second-order valence-corrected chi connectivity index (χ2v) is 5.54. The molecule has 5 N–H and O–H groups in total. The minimum absolute atomic E-state index is 0.0971. The van der Waals surface area contributed by atoms with E-state index in [1.807, 2.05) is 0 Å². The molecule has 0 radical (unpaired) electrons. The number of nitrogen functional groups attached to an aromatic ring is 1. The summed E-state index contributed by atoms with van der Waals surface area (Å²) in [6.45, 7) is 0.289. The first-order chi connectivity index (χ1) is 8.31. The van der Waals surface area contributed by atoms with E-state index in [1.165, 1.54) is 6.92 Å². The molecule has 0 atom stereocenters. The maximum Gasteiger partial charge on any atom is 0.241 e. The maximum atomic E-state index is 13.3. The van der Waals surface area contributed by atoms with Crippen molar-refractivity contribution in [2.24, 2.45) is 0 Å². The van der Waals surface area contributed by atoms with E-state index in [0.717, 1.165) is 12.1 Å². The fourth-order valence-corrected chi connectivity index (χ4v) is 2.68. The van der Waals surface area contributed by atoms with Gasteiger partial charge in [-0.3, -0.25) is 0 Å². The van der Waals surface area contributed by atoms with Crippen LogP contribution in [0, 0.1) is 12.7 Å². The molecule has 0 aliphatic heterocycles. The van der Waals surface area contributed by atoms with Crippen LogP contribution >= 0.6 is 0 Å². The van der Waals surface area contributed by atoms with Crippen LogP contribution in [0.4, 0.5) is 10.1 Å². The number of aliphatic hydroxyl groups is 2. The van der Waals surface area contributed by atoms with Gasteiger partial charge in [0.25, 0.3) is 0 Å². The third-order valence-corrected chi connectivity index (χ3v) is 3.83. The van der Waals surface area contributed by atoms with Gasteiger partial charge in [0.2, 0.25) is 10.0 Å². The second-order valence-electron chi connectivity index (χ2n) is 3.83. The molecule has 1 rings (SSSR count). The highest BCUT2D eigenvalue weighted by Crippen LogP contribution is 2.20. The van der Waals surface area contributed by atoms with Crippen molar-refractivity contribution in [3.05, 3.63) is 23.5 Å². The summed E-state index contributed by atoms with van der Waals surface area (Å²) < 4.78 is 39.1. The molecule has 0 unspecified atom stereocenters. The Labute approximate surface area is 104 Å². The molecule has 0 amide bonds. The normalized spacial score (nSPS) is 12.1. The number of aliphatic hydroxyl groups excluding tert-OH is 2. The number of hydrogen-bond acceptors (Lipinski definition) is 5. The van der Waals surface area contributed by atoms with Crippen LogP contribution in [0.1, 0.15) is 5.56 Å². The van der Waals surface area contributed by atoms with Gasteiger partial charge in [-0.25, -0.2) is 17.5 Å². The number of hydrogen-bond donors (Lipinski definition) is 4. The fourth-order valence-electron chi connectivity index (χ4n) is 1.34. The lowest BCUT2D eigenvalue weighted by Gasteiger charge is -2.14. The number of aryl methyl sites for hydroxylation is 1. The molecule has 0 saturated carbocycles. The molecule has 18 heavy (non-hydrogen) atoms. The molecule has 1 aromatic rings. The van der Waals surface area contributed by atoms with Gasteiger partial charge in [0.15, 0.2) is 0 Å². The zero-order valence-corrected chi connectivity index (χ0v) is 10.5. The monoisotopic (exact) mass is 278 g/mol. The first-order valence-electron chi connectivity index (χ1n) is 5.11. The predicted octanol–water partition coefficient (Wildman–Crippen LogP) is -0.652. The molecule has 6 nitrogen and oxygen atoms in total. The van der Waals surface area contributed by atoms with E-state index in [0.29, 0.717) is 0 Å². The van der Waals surface area contributed by atoms with Crippen molar-refractivity contribution in [2.75, 3.05) is 18.9 Å². The average Bonchev–Trinajstić information content (AvgIpc) is 2.32. The van der Waals surface area contributed by atoms with Gasteiger partial charge in [0.1, 0.15) is 5.82 Å². The van der Waals surface area contributed by atoms with Gasteiger partial charge in [0.05, 0.1) is 29.8 Å². The van der Waals surface area contributed by atoms with Crippen LogP contribution in [0.15, 0.2) is 17.0 Å². The SMILES string of the molecule is Cc1cc(S(=O)(=O)NC(CO)CO)cc(N)c1F. The Balaban J connectivity index is 3.13. The molecule has 102 valence electrons. The first kappa shape index (κ1) is 14.8. The van der Waals surface area contributed by atoms with E-state index in [1.54, 1.807) is 0 Å². The molecule has 8 heteroatoms. The van der Waals surface area contributed by atoms with Crippen molar-refractivity contribution < 1.29 is 23.0 Å². The smallest absolute Gasteiger partial charge is 0.241 e. The number of anilines is 1. The maximum absolute atomic E-state index is 13.3. The Morgan fingerprint density at radius 2 is 1.94 bits per heavy atom. The van der Waals surface area contributed by atoms with Gasteiger partial charge in [-0.2, -0.15) is 0 Å². The molecular formula is C10H15FN2O4S. The highest BCUT2D eigenvalue weighted by atomic mass is 32.2. The Hall–Kier alpha value is -1.22. The van der Waals surface area contributed by atoms with Crippen LogP contribution < -0.4 is 10.5 Å². The van der Waals surface area contributed by atoms with E-state index in [2.05, 4.69) is 4.72 Å². The zero-order chi connectivity index (χ0) is 13.9. The van der Waals surface area contributed by atoms with E-state index >= 15 is 0 Å². The van der Waals surface area contributed by atoms with Crippen LogP contribution in [0.2, 0.25) is 0 Å². The number of sulfonamides is 1. The van der Waals surface area contributed by atoms with Crippen LogP contribution in [-0.2, 0) is 10.0 Å². The third kappa shape index (κ3) is 3.16. The quantitative estimate of drug-likeness (QED) is 0.535. The lowest BCUT2D eigenvalue weighted by Crippen LogP contribution is -2.40. The lowest BCUT2D eigenvalue weighted by molar-refractivity contribution is 0.185. The minimum Gasteiger partial charge on any atom is -0.396 e. The van der Waals surface area contributed by atoms with E-state index in [9.17, 15) is 12.8 Å². The standard InChI is InChI=1S/C10H15FN2O4S/c1-6-2-8(3-9(12)10(6)11)18(16,17)13-7(4-14)5-15/h2-3,7,13-15H,4-5,12H2,1H3. The summed E-state index contributed by atoms with van der Waals surface area (Å²) in [5.74, 6) is -0.671. The summed E-state index contributed by atoms with van der Waals surface area (Å²) >= 11 is 0. The third-order valence-electron chi connectivity index (χ3n) is 2.33. The van der Waals surface area contributed by atoms with Crippen molar-refractivity contribution in [1.29, 1.82) is 0 Å². The van der Waals surface area contributed by atoms with Crippen LogP contribution in [0.5, 0.6) is 0 Å². The summed E-state index contributed by atoms with van der Waals surface area (Å²) in [5, 5.41) is 17.6. The molecule has 0 heterocycles. The summed E-state index contributed by atoms with van der Waals surface area (Å²) in [7, 11) is -3.96. The van der Waals surface area contributed by atoms with Crippen molar-refractivity contribution in [2.45, 2.75) is 17.9 Å². The number of nitrogens with two attached hydrogens (primary N) is 1. The number of rotatable bonds is 5. The number of nitrogens with one attached hydrogen (secondary N) is 1. The van der Waals surface area contributed by atoms with Crippen LogP contribution in [-0.4, -0.2) is 37.9 Å². The number of benzene rings is 1. The molecule has 0 aliphatic rings. The molecule has 0 fully saturated rings. The molecule has 0 aromatic heterocycles. The second kappa shape index (κ2) is 5.61. The fraction of sp³-hybridized carbons (Fsp3) is 0.400. The van der Waals surface area contributed by atoms with Gasteiger partial charge < -0.3 is 15.9 Å². The average molecular weight is 278 g/mol. The van der Waals surface area contributed by atoms with E-state index in [4.69, 9.17) is 15.9 Å². The molecule has 0 bridgehead atoms. The van der Waals surface area contributed by atoms with Crippen LogP contribution in [0.25, 0.3) is 0 Å². The molecule has 0 spiro atoms. The van der Waals surface area contributed by atoms with Gasteiger partial charge in [-0.15, -0.1) is 0 Å². The minimum atomic E-state index is -3.96. The molecular weight excluding hydrogens is 263 g/mol. The van der Waals surface area contributed by atoms with Crippen molar-refractivity contribution >= 4 is 15.7 Å². The summed E-state index contributed by atoms with van der Waals surface area (Å²) in [6.07, 6.45) is 0. The van der Waals surface area contributed by atoms with Crippen molar-refractivity contribution in [3.8, 4) is 0 Å². The lowest BCUT2D eigenvalue weighted by atomic mass is 10.2. The summed E-state index contributed by atoms with van der Waals surface area (Å²) in [5.41, 5.74) is 5.17. The molecule has 0 saturated heterocycles. The van der Waals surface area contributed by atoms with Crippen LogP contribution in [0.3, 0.4) is 0 Å². The van der Waals surface area contributed by atoms with Gasteiger partial charge >= 0.3 is 0 Å². The van der Waals surface area contributed by atoms with Gasteiger partial charge in [-0.1, -0.05) is 0 Å². The van der Waals surface area contributed by atoms with Gasteiger partial charge in [-0.05, 0) is 24.6 Å². The van der Waals surface area contributed by atoms with E-state index < -0.39 is 35.1 Å². The summed E-state index contributed by atoms with van der Waals surface area (Å²) in [6, 6.07) is 1.10. The predicted molar refractivity (Wildman–Crippen MR) is 63.8 cm³/mol.